The molecule has 3 N–H and O–H groups in total. The first-order valence-corrected chi connectivity index (χ1v) is 10.0. The van der Waals surface area contributed by atoms with Crippen molar-refractivity contribution in [1.82, 2.24) is 25.4 Å². The van der Waals surface area contributed by atoms with Crippen molar-refractivity contribution in [2.75, 3.05) is 20.1 Å². The van der Waals surface area contributed by atoms with Gasteiger partial charge in [0.2, 0.25) is 0 Å². The van der Waals surface area contributed by atoms with Crippen molar-refractivity contribution in [2.24, 2.45) is 4.99 Å². The second-order valence-corrected chi connectivity index (χ2v) is 7.06. The average Bonchev–Trinajstić information content (AvgIpc) is 3.40. The molecule has 2 aromatic carbocycles. The maximum atomic E-state index is 13.3. The number of nitrogens with one attached hydrogen (secondary N) is 3. The lowest BCUT2D eigenvalue weighted by Crippen LogP contribution is -2.39. The van der Waals surface area contributed by atoms with Crippen molar-refractivity contribution >= 4 is 40.8 Å². The van der Waals surface area contributed by atoms with Crippen molar-refractivity contribution in [2.45, 2.75) is 12.8 Å². The van der Waals surface area contributed by atoms with E-state index in [1.165, 1.54) is 12.1 Å². The Hall–Kier alpha value is -2.88. The molecule has 0 bridgehead atoms. The zero-order valence-corrected chi connectivity index (χ0v) is 19.6. The average molecular weight is 532 g/mol. The van der Waals surface area contributed by atoms with E-state index in [0.29, 0.717) is 0 Å². The summed E-state index contributed by atoms with van der Waals surface area (Å²) in [6, 6.07) is 14.9. The summed E-state index contributed by atoms with van der Waals surface area (Å²) in [5, 5.41) is 12.1. The van der Waals surface area contributed by atoms with Crippen molar-refractivity contribution in [1.29, 1.82) is 0 Å². The van der Waals surface area contributed by atoms with Crippen LogP contribution in [-0.4, -0.2) is 40.9 Å². The van der Waals surface area contributed by atoms with Crippen LogP contribution in [-0.2, 0) is 12.8 Å². The minimum Gasteiger partial charge on any atom is -0.361 e. The third-order valence-electron chi connectivity index (χ3n) is 5.00. The number of hydrogen-bond donors (Lipinski definition) is 3. The molecule has 8 heteroatoms. The van der Waals surface area contributed by atoms with E-state index in [2.05, 4.69) is 25.7 Å². The molecular formula is C23H26FIN6. The monoisotopic (exact) mass is 532 g/mol. The van der Waals surface area contributed by atoms with Crippen LogP contribution in [0, 0.1) is 5.82 Å². The summed E-state index contributed by atoms with van der Waals surface area (Å²) >= 11 is 0. The molecule has 31 heavy (non-hydrogen) atoms. The largest absolute Gasteiger partial charge is 0.361 e. The second-order valence-electron chi connectivity index (χ2n) is 7.06. The van der Waals surface area contributed by atoms with Gasteiger partial charge in [0.15, 0.2) is 5.96 Å². The van der Waals surface area contributed by atoms with E-state index in [1.807, 2.05) is 59.7 Å². The highest BCUT2D eigenvalue weighted by atomic mass is 127. The molecule has 0 spiro atoms. The Labute approximate surface area is 198 Å². The number of para-hydroxylation sites is 1. The van der Waals surface area contributed by atoms with E-state index in [9.17, 15) is 4.39 Å². The molecule has 0 saturated carbocycles. The molecule has 0 aliphatic carbocycles. The first-order chi connectivity index (χ1) is 14.7. The van der Waals surface area contributed by atoms with Crippen molar-refractivity contribution < 1.29 is 4.39 Å². The van der Waals surface area contributed by atoms with E-state index >= 15 is 0 Å². The van der Waals surface area contributed by atoms with Crippen LogP contribution in [0.15, 0.2) is 72.1 Å². The fourth-order valence-corrected chi connectivity index (χ4v) is 3.44. The van der Waals surface area contributed by atoms with Gasteiger partial charge in [-0.2, -0.15) is 5.10 Å². The van der Waals surface area contributed by atoms with Gasteiger partial charge in [-0.3, -0.25) is 4.99 Å². The van der Waals surface area contributed by atoms with Crippen molar-refractivity contribution in [3.05, 3.63) is 84.1 Å². The fraction of sp³-hybridized carbons (Fsp3) is 0.217. The third-order valence-corrected chi connectivity index (χ3v) is 5.00. The van der Waals surface area contributed by atoms with E-state index in [-0.39, 0.29) is 29.8 Å². The molecule has 0 atom stereocenters. The first-order valence-electron chi connectivity index (χ1n) is 10.0. The Morgan fingerprint density at radius 1 is 1.10 bits per heavy atom. The number of benzene rings is 2. The summed E-state index contributed by atoms with van der Waals surface area (Å²) in [4.78, 5) is 7.41. The molecule has 0 fully saturated rings. The number of rotatable bonds is 7. The van der Waals surface area contributed by atoms with Gasteiger partial charge >= 0.3 is 0 Å². The molecule has 162 valence electrons. The number of guanidine groups is 1. The fourth-order valence-electron chi connectivity index (χ4n) is 3.44. The maximum Gasteiger partial charge on any atom is 0.190 e. The Bertz CT molecular complexity index is 1140. The van der Waals surface area contributed by atoms with Crippen LogP contribution in [0.1, 0.15) is 11.1 Å². The first kappa shape index (κ1) is 22.8. The van der Waals surface area contributed by atoms with Gasteiger partial charge in [-0.25, -0.2) is 9.07 Å². The predicted molar refractivity (Wildman–Crippen MR) is 134 cm³/mol. The van der Waals surface area contributed by atoms with E-state index in [1.54, 1.807) is 7.05 Å². The highest BCUT2D eigenvalue weighted by molar-refractivity contribution is 14.0. The number of aliphatic imine (C=N–C) groups is 1. The number of hydrogen-bond acceptors (Lipinski definition) is 2. The molecular weight excluding hydrogens is 506 g/mol. The van der Waals surface area contributed by atoms with Crippen LogP contribution >= 0.6 is 24.0 Å². The molecule has 0 amide bonds. The summed E-state index contributed by atoms with van der Waals surface area (Å²) in [7, 11) is 1.76. The SMILES string of the molecule is CN=C(NCCc1cnn(-c2ccccc2)c1)NCCc1c[nH]c2cc(F)ccc12.I. The standard InChI is InChI=1S/C23H25FN6.HI/c1-25-23(27-12-10-18-15-28-22-13-19(24)7-8-21(18)22)26-11-9-17-14-29-30(16-17)20-5-3-2-4-6-20;/h2-8,13-16,28H,9-12H2,1H3,(H2,25,26,27);1H. The summed E-state index contributed by atoms with van der Waals surface area (Å²) < 4.78 is 15.2. The quantitative estimate of drug-likeness (QED) is 0.191. The Morgan fingerprint density at radius 3 is 2.65 bits per heavy atom. The van der Waals surface area contributed by atoms with Crippen LogP contribution in [0.3, 0.4) is 0 Å². The van der Waals surface area contributed by atoms with Crippen LogP contribution in [0.25, 0.3) is 16.6 Å². The van der Waals surface area contributed by atoms with E-state index in [0.717, 1.165) is 59.6 Å². The summed E-state index contributed by atoms with van der Waals surface area (Å²) in [5.74, 6) is 0.532. The molecule has 4 aromatic rings. The Balaban J connectivity index is 0.00000272. The predicted octanol–water partition coefficient (Wildman–Crippen LogP) is 4.06. The third kappa shape index (κ3) is 5.84. The molecule has 0 aliphatic heterocycles. The van der Waals surface area contributed by atoms with E-state index < -0.39 is 0 Å². The van der Waals surface area contributed by atoms with Crippen molar-refractivity contribution in [3.63, 3.8) is 0 Å². The van der Waals surface area contributed by atoms with Crippen LogP contribution in [0.2, 0.25) is 0 Å². The number of halogens is 2. The molecule has 4 rings (SSSR count). The van der Waals surface area contributed by atoms with Gasteiger partial charge in [-0.15, -0.1) is 24.0 Å². The van der Waals surface area contributed by atoms with Gasteiger partial charge in [-0.05, 0) is 54.3 Å². The lowest BCUT2D eigenvalue weighted by Gasteiger charge is -2.11. The minimum absolute atomic E-state index is 0. The van der Waals surface area contributed by atoms with Gasteiger partial charge in [0.05, 0.1) is 11.9 Å². The highest BCUT2D eigenvalue weighted by Gasteiger charge is 2.06. The number of fused-ring (bicyclic) bond motifs is 1. The van der Waals surface area contributed by atoms with Gasteiger partial charge in [-0.1, -0.05) is 18.2 Å². The molecule has 6 nitrogen and oxygen atoms in total. The summed E-state index contributed by atoms with van der Waals surface area (Å²) in [5.41, 5.74) is 4.19. The summed E-state index contributed by atoms with van der Waals surface area (Å²) in [6.45, 7) is 1.49. The second kappa shape index (κ2) is 10.9. The lowest BCUT2D eigenvalue weighted by atomic mass is 10.1. The van der Waals surface area contributed by atoms with Crippen LogP contribution < -0.4 is 10.6 Å². The molecule has 0 unspecified atom stereocenters. The topological polar surface area (TPSA) is 70.0 Å². The summed E-state index contributed by atoms with van der Waals surface area (Å²) in [6.07, 6.45) is 7.54. The van der Waals surface area contributed by atoms with Crippen LogP contribution in [0.5, 0.6) is 0 Å². The van der Waals surface area contributed by atoms with Gasteiger partial charge < -0.3 is 15.6 Å². The number of nitrogens with zero attached hydrogens (tertiary/aromatic N) is 3. The zero-order valence-electron chi connectivity index (χ0n) is 17.3. The number of aromatic amines is 1. The minimum atomic E-state index is -0.229. The van der Waals surface area contributed by atoms with Gasteiger partial charge in [0.1, 0.15) is 5.82 Å². The molecule has 0 radical (unpaired) electrons. The molecule has 0 saturated heterocycles. The zero-order chi connectivity index (χ0) is 20.8. The van der Waals surface area contributed by atoms with E-state index in [4.69, 9.17) is 0 Å². The highest BCUT2D eigenvalue weighted by Crippen LogP contribution is 2.19. The Kier molecular flexibility index (Phi) is 8.05. The molecule has 0 aliphatic rings. The van der Waals surface area contributed by atoms with Crippen LogP contribution in [0.4, 0.5) is 4.39 Å². The van der Waals surface area contributed by atoms with Gasteiger partial charge in [0, 0.05) is 43.4 Å². The number of aromatic nitrogens is 3. The normalized spacial score (nSPS) is 11.4. The smallest absolute Gasteiger partial charge is 0.190 e. The molecule has 2 heterocycles. The number of H-pyrrole nitrogens is 1. The maximum absolute atomic E-state index is 13.3. The molecule has 2 aromatic heterocycles. The lowest BCUT2D eigenvalue weighted by molar-refractivity contribution is 0.629. The Morgan fingerprint density at radius 2 is 1.87 bits per heavy atom. The van der Waals surface area contributed by atoms with Gasteiger partial charge in [0.25, 0.3) is 0 Å². The van der Waals surface area contributed by atoms with Crippen molar-refractivity contribution in [3.8, 4) is 5.69 Å².